The predicted molar refractivity (Wildman–Crippen MR) is 67.1 cm³/mol. The van der Waals surface area contributed by atoms with Crippen LogP contribution >= 0.6 is 0 Å². The summed E-state index contributed by atoms with van der Waals surface area (Å²) in [6, 6.07) is 0. The molecular formula is C13H18N2O2. The van der Waals surface area contributed by atoms with E-state index in [0.29, 0.717) is 0 Å². The van der Waals surface area contributed by atoms with Gasteiger partial charge in [0, 0.05) is 30.7 Å². The quantitative estimate of drug-likeness (QED) is 0.517. The fourth-order valence-electron chi connectivity index (χ4n) is 2.37. The average Bonchev–Trinajstić information content (AvgIpc) is 2.95. The highest BCUT2D eigenvalue weighted by Gasteiger charge is 2.40. The Bertz CT molecular complexity index is 417. The maximum atomic E-state index is 10.9. The van der Waals surface area contributed by atoms with Gasteiger partial charge in [0.2, 0.25) is 0 Å². The van der Waals surface area contributed by atoms with Crippen molar-refractivity contribution in [3.63, 3.8) is 0 Å². The second-order valence-corrected chi connectivity index (χ2v) is 5.23. The zero-order valence-corrected chi connectivity index (χ0v) is 10.3. The van der Waals surface area contributed by atoms with Gasteiger partial charge in [0.05, 0.1) is 4.92 Å². The Balaban J connectivity index is 2.28. The summed E-state index contributed by atoms with van der Waals surface area (Å²) in [5, 5.41) is 10.9. The second-order valence-electron chi connectivity index (χ2n) is 5.23. The van der Waals surface area contributed by atoms with Crippen LogP contribution in [-0.4, -0.2) is 30.0 Å². The van der Waals surface area contributed by atoms with Crippen LogP contribution in [0.5, 0.6) is 0 Å². The Morgan fingerprint density at radius 3 is 2.76 bits per heavy atom. The van der Waals surface area contributed by atoms with E-state index in [1.165, 1.54) is 12.8 Å². The van der Waals surface area contributed by atoms with Crippen molar-refractivity contribution < 1.29 is 4.92 Å². The summed E-state index contributed by atoms with van der Waals surface area (Å²) in [4.78, 5) is 12.8. The summed E-state index contributed by atoms with van der Waals surface area (Å²) in [6.45, 7) is 3.77. The first-order valence-electron chi connectivity index (χ1n) is 5.90. The molecule has 0 radical (unpaired) electrons. The molecule has 1 saturated carbocycles. The molecule has 0 bridgehead atoms. The number of rotatable bonds is 1. The molecule has 2 rings (SSSR count). The minimum Gasteiger partial charge on any atom is -0.302 e. The number of nitro groups is 1. The van der Waals surface area contributed by atoms with Crippen LogP contribution in [0.4, 0.5) is 0 Å². The van der Waals surface area contributed by atoms with Gasteiger partial charge in [0.25, 0.3) is 5.70 Å². The molecule has 4 heteroatoms. The lowest BCUT2D eigenvalue weighted by Gasteiger charge is -2.22. The van der Waals surface area contributed by atoms with Crippen molar-refractivity contribution in [3.8, 4) is 0 Å². The molecule has 0 aromatic rings. The normalized spacial score (nSPS) is 32.1. The van der Waals surface area contributed by atoms with Crippen molar-refractivity contribution in [2.45, 2.75) is 19.8 Å². The van der Waals surface area contributed by atoms with Crippen molar-refractivity contribution in [3.05, 3.63) is 45.7 Å². The molecule has 1 spiro atoms. The molecule has 1 fully saturated rings. The van der Waals surface area contributed by atoms with Gasteiger partial charge >= 0.3 is 0 Å². The predicted octanol–water partition coefficient (Wildman–Crippen LogP) is 2.38. The zero-order chi connectivity index (χ0) is 12.5. The Morgan fingerprint density at radius 1 is 1.47 bits per heavy atom. The van der Waals surface area contributed by atoms with Crippen LogP contribution in [0.15, 0.2) is 35.6 Å². The first kappa shape index (κ1) is 12.0. The third kappa shape index (κ3) is 3.03. The summed E-state index contributed by atoms with van der Waals surface area (Å²) >= 11 is 0. The van der Waals surface area contributed by atoms with Gasteiger partial charge in [-0.1, -0.05) is 17.7 Å². The van der Waals surface area contributed by atoms with E-state index >= 15 is 0 Å². The lowest BCUT2D eigenvalue weighted by atomic mass is 10.0. The van der Waals surface area contributed by atoms with Gasteiger partial charge in [-0.15, -0.1) is 0 Å². The second kappa shape index (κ2) is 4.45. The lowest BCUT2D eigenvalue weighted by molar-refractivity contribution is -0.419. The molecule has 1 aliphatic carbocycles. The van der Waals surface area contributed by atoms with Crippen LogP contribution in [0, 0.1) is 15.5 Å². The summed E-state index contributed by atoms with van der Waals surface area (Å²) in [6.07, 6.45) is 9.62. The number of allylic oxidation sites excluding steroid dienone is 3. The molecule has 0 aromatic heterocycles. The fourth-order valence-corrected chi connectivity index (χ4v) is 2.37. The number of nitrogens with zero attached hydrogens (tertiary/aromatic N) is 2. The Labute approximate surface area is 101 Å². The zero-order valence-electron chi connectivity index (χ0n) is 10.3. The minimum atomic E-state index is -0.324. The lowest BCUT2D eigenvalue weighted by Crippen LogP contribution is -2.27. The van der Waals surface area contributed by atoms with E-state index in [-0.39, 0.29) is 16.0 Å². The highest BCUT2D eigenvalue weighted by atomic mass is 16.6. The van der Waals surface area contributed by atoms with Gasteiger partial charge in [0.15, 0.2) is 0 Å². The molecular weight excluding hydrogens is 216 g/mol. The van der Waals surface area contributed by atoms with E-state index in [4.69, 9.17) is 0 Å². The van der Waals surface area contributed by atoms with Gasteiger partial charge in [-0.05, 0) is 26.8 Å². The summed E-state index contributed by atoms with van der Waals surface area (Å²) in [7, 11) is 2.07. The van der Waals surface area contributed by atoms with Crippen LogP contribution in [0.1, 0.15) is 19.8 Å². The van der Waals surface area contributed by atoms with E-state index in [2.05, 4.69) is 18.0 Å². The molecule has 0 aromatic carbocycles. The molecule has 2 aliphatic rings. The monoisotopic (exact) mass is 234 g/mol. The smallest absolute Gasteiger partial charge is 0.269 e. The number of likely N-dealkylation sites (N-methyl/N-ethyl adjacent to an activating group) is 1. The summed E-state index contributed by atoms with van der Waals surface area (Å²) in [5.74, 6) is 0. The van der Waals surface area contributed by atoms with Crippen LogP contribution in [0.3, 0.4) is 0 Å². The topological polar surface area (TPSA) is 46.4 Å². The van der Waals surface area contributed by atoms with Gasteiger partial charge in [-0.3, -0.25) is 10.1 Å². The molecule has 92 valence electrons. The Kier molecular flexibility index (Phi) is 3.15. The first-order valence-corrected chi connectivity index (χ1v) is 5.90. The van der Waals surface area contributed by atoms with Crippen molar-refractivity contribution in [2.24, 2.45) is 5.41 Å². The highest BCUT2D eigenvalue weighted by Crippen LogP contribution is 2.47. The fraction of sp³-hybridized carbons (Fsp3) is 0.538. The van der Waals surface area contributed by atoms with E-state index in [9.17, 15) is 10.1 Å². The largest absolute Gasteiger partial charge is 0.302 e. The van der Waals surface area contributed by atoms with Crippen molar-refractivity contribution in [2.75, 3.05) is 20.1 Å². The van der Waals surface area contributed by atoms with Crippen LogP contribution in [-0.2, 0) is 0 Å². The molecule has 17 heavy (non-hydrogen) atoms. The Hall–Kier alpha value is -1.42. The van der Waals surface area contributed by atoms with E-state index in [1.807, 2.05) is 13.0 Å². The molecule has 0 unspecified atom stereocenters. The third-order valence-electron chi connectivity index (χ3n) is 3.32. The summed E-state index contributed by atoms with van der Waals surface area (Å²) < 4.78 is 0. The third-order valence-corrected chi connectivity index (χ3v) is 3.32. The Morgan fingerprint density at radius 2 is 2.18 bits per heavy atom. The van der Waals surface area contributed by atoms with Gasteiger partial charge < -0.3 is 4.90 Å². The van der Waals surface area contributed by atoms with Gasteiger partial charge in [-0.25, -0.2) is 0 Å². The van der Waals surface area contributed by atoms with Crippen molar-refractivity contribution in [1.29, 1.82) is 0 Å². The standard InChI is InChI=1S/C13H18N2O2/c1-11-8-12(15(16)17)4-3-5-13(6-7-13)10-14(2)9-11/h3-5,8H,6-7,9-10H2,1-2H3/b5-3+,11-8+,12-4+. The average molecular weight is 234 g/mol. The SMILES string of the molecule is C\C1=C/C([N+](=O)[O-])=C\C=C\C2(CC2)CN(C)C1. The molecule has 0 N–H and O–H groups in total. The maximum absolute atomic E-state index is 10.9. The first-order chi connectivity index (χ1) is 8.01. The van der Waals surface area contributed by atoms with Crippen molar-refractivity contribution >= 4 is 0 Å². The van der Waals surface area contributed by atoms with E-state index in [1.54, 1.807) is 12.2 Å². The molecule has 1 aliphatic heterocycles. The van der Waals surface area contributed by atoms with Crippen molar-refractivity contribution in [1.82, 2.24) is 4.90 Å². The molecule has 0 atom stereocenters. The van der Waals surface area contributed by atoms with Gasteiger partial charge in [0.1, 0.15) is 0 Å². The highest BCUT2D eigenvalue weighted by molar-refractivity contribution is 5.25. The summed E-state index contributed by atoms with van der Waals surface area (Å²) in [5.41, 5.74) is 1.47. The maximum Gasteiger partial charge on any atom is 0.269 e. The van der Waals surface area contributed by atoms with Crippen LogP contribution in [0.2, 0.25) is 0 Å². The van der Waals surface area contributed by atoms with E-state index in [0.717, 1.165) is 18.7 Å². The number of hydrogen-bond donors (Lipinski definition) is 0. The minimum absolute atomic E-state index is 0.171. The molecule has 1 heterocycles. The molecule has 4 nitrogen and oxygen atoms in total. The molecule has 0 amide bonds. The van der Waals surface area contributed by atoms with Gasteiger partial charge in [-0.2, -0.15) is 0 Å². The van der Waals surface area contributed by atoms with E-state index < -0.39 is 0 Å². The van der Waals surface area contributed by atoms with Crippen LogP contribution in [0.25, 0.3) is 0 Å². The number of hydrogen-bond acceptors (Lipinski definition) is 3. The van der Waals surface area contributed by atoms with Crippen LogP contribution < -0.4 is 0 Å². The molecule has 0 saturated heterocycles.